The number of carbonyl (C=O) groups is 1. The highest BCUT2D eigenvalue weighted by Gasteiger charge is 2.09. The molecule has 0 saturated heterocycles. The Balaban J connectivity index is 2.23. The Morgan fingerprint density at radius 1 is 1.47 bits per heavy atom. The Bertz CT molecular complexity index is 560. The first kappa shape index (κ1) is 11.6. The van der Waals surface area contributed by atoms with Gasteiger partial charge in [0.05, 0.1) is 0 Å². The molecule has 0 bridgehead atoms. The third-order valence-electron chi connectivity index (χ3n) is 2.79. The van der Waals surface area contributed by atoms with Crippen LogP contribution >= 0.6 is 0 Å². The second kappa shape index (κ2) is 4.57. The van der Waals surface area contributed by atoms with Gasteiger partial charge in [-0.05, 0) is 37.5 Å². The molecule has 17 heavy (non-hydrogen) atoms. The maximum absolute atomic E-state index is 14.0. The van der Waals surface area contributed by atoms with Crippen molar-refractivity contribution in [3.05, 3.63) is 35.3 Å². The molecule has 3 nitrogen and oxygen atoms in total. The summed E-state index contributed by atoms with van der Waals surface area (Å²) in [5.41, 5.74) is 2.28. The highest BCUT2D eigenvalue weighted by molar-refractivity contribution is 5.81. The van der Waals surface area contributed by atoms with Crippen LogP contribution in [0.15, 0.2) is 18.2 Å². The molecule has 2 aromatic rings. The minimum Gasteiger partial charge on any atom is -0.481 e. The summed E-state index contributed by atoms with van der Waals surface area (Å²) in [7, 11) is 0. The summed E-state index contributed by atoms with van der Waals surface area (Å²) in [6, 6.07) is 5.32. The number of hydrogen-bond acceptors (Lipinski definition) is 1. The number of fused-ring (bicyclic) bond motifs is 1. The second-order valence-electron chi connectivity index (χ2n) is 4.20. The van der Waals surface area contributed by atoms with Gasteiger partial charge in [0.15, 0.2) is 0 Å². The van der Waals surface area contributed by atoms with Gasteiger partial charge in [-0.15, -0.1) is 0 Å². The molecule has 0 spiro atoms. The van der Waals surface area contributed by atoms with Gasteiger partial charge in [0.2, 0.25) is 0 Å². The van der Waals surface area contributed by atoms with Crippen LogP contribution in [0.2, 0.25) is 0 Å². The number of carboxylic acids is 1. The van der Waals surface area contributed by atoms with Gasteiger partial charge >= 0.3 is 5.97 Å². The van der Waals surface area contributed by atoms with Gasteiger partial charge in [-0.25, -0.2) is 4.39 Å². The zero-order chi connectivity index (χ0) is 12.4. The summed E-state index contributed by atoms with van der Waals surface area (Å²) >= 11 is 0. The Morgan fingerprint density at radius 2 is 2.24 bits per heavy atom. The fraction of sp³-hybridized carbons (Fsp3) is 0.308. The number of nitrogens with one attached hydrogen (secondary N) is 1. The Kier molecular flexibility index (Phi) is 3.13. The number of hydrogen-bond donors (Lipinski definition) is 2. The van der Waals surface area contributed by atoms with Crippen LogP contribution < -0.4 is 0 Å². The lowest BCUT2D eigenvalue weighted by Crippen LogP contribution is -1.97. The van der Waals surface area contributed by atoms with E-state index >= 15 is 0 Å². The van der Waals surface area contributed by atoms with Gasteiger partial charge in [0.25, 0.3) is 0 Å². The lowest BCUT2D eigenvalue weighted by Gasteiger charge is -2.03. The standard InChI is InChI=1S/C13H14FNO2/c1-8-7-10-11(15-8)6-5-9(13(10)14)3-2-4-12(16)17/h5-7,15H,2-4H2,1H3,(H,16,17). The first-order chi connectivity index (χ1) is 8.08. The van der Waals surface area contributed by atoms with E-state index in [4.69, 9.17) is 5.11 Å². The molecule has 90 valence electrons. The number of aromatic nitrogens is 1. The molecule has 0 aliphatic rings. The number of benzene rings is 1. The average molecular weight is 235 g/mol. The molecule has 4 heteroatoms. The lowest BCUT2D eigenvalue weighted by atomic mass is 10.1. The Morgan fingerprint density at radius 3 is 2.94 bits per heavy atom. The molecule has 0 fully saturated rings. The van der Waals surface area contributed by atoms with Crippen molar-refractivity contribution < 1.29 is 14.3 Å². The number of carboxylic acid groups (broad SMARTS) is 1. The number of aliphatic carboxylic acids is 1. The molecule has 0 unspecified atom stereocenters. The summed E-state index contributed by atoms with van der Waals surface area (Å²) in [6.07, 6.45) is 0.989. The van der Waals surface area contributed by atoms with Crippen molar-refractivity contribution in [2.24, 2.45) is 0 Å². The Labute approximate surface area is 98.3 Å². The zero-order valence-electron chi connectivity index (χ0n) is 9.59. The van der Waals surface area contributed by atoms with Crippen LogP contribution in [0.25, 0.3) is 10.9 Å². The monoisotopic (exact) mass is 235 g/mol. The molecular formula is C13H14FNO2. The van der Waals surface area contributed by atoms with Crippen molar-refractivity contribution >= 4 is 16.9 Å². The molecule has 0 radical (unpaired) electrons. The fourth-order valence-corrected chi connectivity index (χ4v) is 1.98. The second-order valence-corrected chi connectivity index (χ2v) is 4.20. The molecule has 1 aromatic heterocycles. The topological polar surface area (TPSA) is 53.1 Å². The smallest absolute Gasteiger partial charge is 0.303 e. The summed E-state index contributed by atoms with van der Waals surface area (Å²) in [5.74, 6) is -1.08. The molecule has 1 aromatic carbocycles. The van der Waals surface area contributed by atoms with Crippen LogP contribution in [0.1, 0.15) is 24.1 Å². The molecule has 2 N–H and O–H groups in total. The first-order valence-corrected chi connectivity index (χ1v) is 5.56. The van der Waals surface area contributed by atoms with Gasteiger partial charge in [-0.1, -0.05) is 6.07 Å². The fourth-order valence-electron chi connectivity index (χ4n) is 1.98. The van der Waals surface area contributed by atoms with E-state index in [-0.39, 0.29) is 12.2 Å². The molecule has 0 atom stereocenters. The van der Waals surface area contributed by atoms with E-state index in [1.807, 2.05) is 13.0 Å². The number of halogens is 1. The van der Waals surface area contributed by atoms with Gasteiger partial charge in [-0.2, -0.15) is 0 Å². The van der Waals surface area contributed by atoms with E-state index < -0.39 is 5.97 Å². The van der Waals surface area contributed by atoms with E-state index in [1.54, 1.807) is 12.1 Å². The van der Waals surface area contributed by atoms with Gasteiger partial charge < -0.3 is 10.1 Å². The van der Waals surface area contributed by atoms with Crippen molar-refractivity contribution in [2.75, 3.05) is 0 Å². The van der Waals surface area contributed by atoms with Crippen LogP contribution in [0.4, 0.5) is 4.39 Å². The first-order valence-electron chi connectivity index (χ1n) is 5.56. The molecule has 0 aliphatic carbocycles. The number of aromatic amines is 1. The third kappa shape index (κ3) is 2.46. The molecule has 0 amide bonds. The summed E-state index contributed by atoms with van der Waals surface area (Å²) < 4.78 is 14.0. The minimum atomic E-state index is -0.844. The molecule has 0 saturated carbocycles. The highest BCUT2D eigenvalue weighted by atomic mass is 19.1. The van der Waals surface area contributed by atoms with E-state index in [2.05, 4.69) is 4.98 Å². The minimum absolute atomic E-state index is 0.0731. The normalized spacial score (nSPS) is 10.9. The van der Waals surface area contributed by atoms with Crippen molar-refractivity contribution in [2.45, 2.75) is 26.2 Å². The van der Waals surface area contributed by atoms with Crippen LogP contribution in [-0.4, -0.2) is 16.1 Å². The molecule has 1 heterocycles. The maximum atomic E-state index is 14.0. The van der Waals surface area contributed by atoms with Crippen molar-refractivity contribution in [3.63, 3.8) is 0 Å². The SMILES string of the molecule is Cc1cc2c(F)c(CCCC(=O)O)ccc2[nH]1. The Hall–Kier alpha value is -1.84. The number of aryl methyl sites for hydroxylation is 2. The van der Waals surface area contributed by atoms with Gasteiger partial charge in [0.1, 0.15) is 5.82 Å². The van der Waals surface area contributed by atoms with E-state index in [0.717, 1.165) is 11.2 Å². The summed E-state index contributed by atoms with van der Waals surface area (Å²) in [5, 5.41) is 9.12. The van der Waals surface area contributed by atoms with Crippen LogP contribution in [0, 0.1) is 12.7 Å². The number of H-pyrrole nitrogens is 1. The lowest BCUT2D eigenvalue weighted by molar-refractivity contribution is -0.137. The third-order valence-corrected chi connectivity index (χ3v) is 2.79. The summed E-state index contributed by atoms with van der Waals surface area (Å²) in [6.45, 7) is 1.88. The van der Waals surface area contributed by atoms with E-state index in [0.29, 0.717) is 23.8 Å². The van der Waals surface area contributed by atoms with Crippen LogP contribution in [0.3, 0.4) is 0 Å². The highest BCUT2D eigenvalue weighted by Crippen LogP contribution is 2.22. The predicted octanol–water partition coefficient (Wildman–Crippen LogP) is 3.02. The maximum Gasteiger partial charge on any atom is 0.303 e. The quantitative estimate of drug-likeness (QED) is 0.855. The molecule has 0 aliphatic heterocycles. The zero-order valence-corrected chi connectivity index (χ0v) is 9.59. The largest absolute Gasteiger partial charge is 0.481 e. The van der Waals surface area contributed by atoms with Crippen molar-refractivity contribution in [1.82, 2.24) is 4.98 Å². The van der Waals surface area contributed by atoms with E-state index in [9.17, 15) is 9.18 Å². The molecule has 2 rings (SSSR count). The molecular weight excluding hydrogens is 221 g/mol. The van der Waals surface area contributed by atoms with Crippen LogP contribution in [0.5, 0.6) is 0 Å². The van der Waals surface area contributed by atoms with Crippen LogP contribution in [-0.2, 0) is 11.2 Å². The van der Waals surface area contributed by atoms with Gasteiger partial charge in [-0.3, -0.25) is 4.79 Å². The van der Waals surface area contributed by atoms with Gasteiger partial charge in [0, 0.05) is 23.0 Å². The predicted molar refractivity (Wildman–Crippen MR) is 63.6 cm³/mol. The van der Waals surface area contributed by atoms with Crippen molar-refractivity contribution in [3.8, 4) is 0 Å². The number of rotatable bonds is 4. The van der Waals surface area contributed by atoms with Crippen molar-refractivity contribution in [1.29, 1.82) is 0 Å². The summed E-state index contributed by atoms with van der Waals surface area (Å²) in [4.78, 5) is 13.5. The van der Waals surface area contributed by atoms with E-state index in [1.165, 1.54) is 0 Å². The average Bonchev–Trinajstić information content (AvgIpc) is 2.63.